The van der Waals surface area contributed by atoms with E-state index < -0.39 is 0 Å². The summed E-state index contributed by atoms with van der Waals surface area (Å²) in [5.74, 6) is 0.202. The largest absolute Gasteiger partial charge is 0.409 e. The molecule has 1 atom stereocenters. The minimum atomic E-state index is -0.282. The van der Waals surface area contributed by atoms with Crippen molar-refractivity contribution in [3.8, 4) is 0 Å². The number of benzene rings is 1. The molecule has 0 unspecified atom stereocenters. The van der Waals surface area contributed by atoms with Crippen LogP contribution in [0, 0.1) is 12.7 Å². The molecule has 4 N–H and O–H groups in total. The summed E-state index contributed by atoms with van der Waals surface area (Å²) in [5, 5.41) is 15.8. The standard InChI is InChI=1S/C14H15BFN5O/c1-6-12-11(20-14(17)18-6)5-10(19-13(12)21-22)8-3-2-7(16)4-9(8)15/h2-4,10,22H,5,15H2,1H3,(H,19,21)(H2,17,18,20)/t10-/m1/s1. The number of hydrogen-bond donors (Lipinski definition) is 3. The summed E-state index contributed by atoms with van der Waals surface area (Å²) in [7, 11) is 1.84. The Balaban J connectivity index is 2.08. The van der Waals surface area contributed by atoms with Crippen LogP contribution >= 0.6 is 0 Å². The van der Waals surface area contributed by atoms with Gasteiger partial charge in [-0.05, 0) is 24.6 Å². The van der Waals surface area contributed by atoms with E-state index in [2.05, 4.69) is 20.4 Å². The van der Waals surface area contributed by atoms with E-state index in [9.17, 15) is 9.60 Å². The number of fused-ring (bicyclic) bond motifs is 1. The average molecular weight is 299 g/mol. The molecule has 1 aliphatic heterocycles. The topological polar surface area (TPSA) is 96.4 Å². The Hall–Kier alpha value is -2.64. The van der Waals surface area contributed by atoms with Crippen molar-refractivity contribution in [2.45, 2.75) is 19.4 Å². The van der Waals surface area contributed by atoms with Gasteiger partial charge in [0.25, 0.3) is 0 Å². The summed E-state index contributed by atoms with van der Waals surface area (Å²) < 4.78 is 13.3. The number of halogens is 1. The Morgan fingerprint density at radius 3 is 2.91 bits per heavy atom. The third kappa shape index (κ3) is 2.36. The fourth-order valence-electron chi connectivity index (χ4n) is 2.89. The Morgan fingerprint density at radius 1 is 1.45 bits per heavy atom. The van der Waals surface area contributed by atoms with E-state index in [1.807, 2.05) is 7.85 Å². The fraction of sp³-hybridized carbons (Fsp3) is 0.214. The number of nitrogens with one attached hydrogen (secondary N) is 1. The highest BCUT2D eigenvalue weighted by atomic mass is 19.1. The quantitative estimate of drug-likeness (QED) is 0.384. The minimum Gasteiger partial charge on any atom is -0.409 e. The van der Waals surface area contributed by atoms with Crippen molar-refractivity contribution >= 4 is 25.1 Å². The predicted molar refractivity (Wildman–Crippen MR) is 83.7 cm³/mol. The second-order valence-electron chi connectivity index (χ2n) is 5.34. The van der Waals surface area contributed by atoms with Crippen molar-refractivity contribution in [3.63, 3.8) is 0 Å². The highest BCUT2D eigenvalue weighted by molar-refractivity contribution is 6.33. The van der Waals surface area contributed by atoms with Crippen LogP contribution in [0.5, 0.6) is 0 Å². The molecule has 0 amide bonds. The lowest BCUT2D eigenvalue weighted by Gasteiger charge is -2.29. The Labute approximate surface area is 127 Å². The van der Waals surface area contributed by atoms with Crippen molar-refractivity contribution in [1.82, 2.24) is 15.3 Å². The number of nitrogens with zero attached hydrogens (tertiary/aromatic N) is 3. The van der Waals surface area contributed by atoms with Gasteiger partial charge in [-0.1, -0.05) is 16.7 Å². The van der Waals surface area contributed by atoms with Gasteiger partial charge >= 0.3 is 0 Å². The number of anilines is 1. The van der Waals surface area contributed by atoms with Gasteiger partial charge in [-0.25, -0.2) is 14.4 Å². The molecule has 1 aliphatic rings. The third-order valence-electron chi connectivity index (χ3n) is 3.83. The molecule has 0 saturated heterocycles. The first-order valence-electron chi connectivity index (χ1n) is 6.87. The van der Waals surface area contributed by atoms with Crippen molar-refractivity contribution < 1.29 is 9.60 Å². The summed E-state index contributed by atoms with van der Waals surface area (Å²) in [4.78, 5) is 8.35. The van der Waals surface area contributed by atoms with Crippen LogP contribution in [0.4, 0.5) is 10.3 Å². The summed E-state index contributed by atoms with van der Waals surface area (Å²) in [6, 6.07) is 4.43. The molecule has 2 heterocycles. The molecular formula is C14H15BFN5O. The van der Waals surface area contributed by atoms with Gasteiger partial charge in [0.15, 0.2) is 5.84 Å². The van der Waals surface area contributed by atoms with Gasteiger partial charge in [0.05, 0.1) is 23.0 Å². The first-order chi connectivity index (χ1) is 10.5. The van der Waals surface area contributed by atoms with Crippen LogP contribution in [0.1, 0.15) is 28.6 Å². The van der Waals surface area contributed by atoms with E-state index in [1.54, 1.807) is 13.0 Å². The van der Waals surface area contributed by atoms with Crippen molar-refractivity contribution in [3.05, 3.63) is 46.5 Å². The van der Waals surface area contributed by atoms with E-state index in [-0.39, 0.29) is 17.8 Å². The highest BCUT2D eigenvalue weighted by Crippen LogP contribution is 2.26. The summed E-state index contributed by atoms with van der Waals surface area (Å²) in [6.45, 7) is 1.78. The average Bonchev–Trinajstić information content (AvgIpc) is 2.45. The number of hydrogen-bond acceptors (Lipinski definition) is 5. The van der Waals surface area contributed by atoms with Crippen LogP contribution in [0.15, 0.2) is 23.4 Å². The fourth-order valence-corrected chi connectivity index (χ4v) is 2.89. The molecule has 2 aromatic rings. The van der Waals surface area contributed by atoms with Crippen molar-refractivity contribution in [2.75, 3.05) is 5.73 Å². The number of oxime groups is 1. The van der Waals surface area contributed by atoms with E-state index in [0.717, 1.165) is 11.0 Å². The first kappa shape index (κ1) is 14.3. The van der Waals surface area contributed by atoms with Crippen LogP contribution in [0.3, 0.4) is 0 Å². The monoisotopic (exact) mass is 299 g/mol. The molecular weight excluding hydrogens is 284 g/mol. The highest BCUT2D eigenvalue weighted by Gasteiger charge is 2.28. The number of nitrogen functional groups attached to an aromatic ring is 1. The Kier molecular flexibility index (Phi) is 3.44. The molecule has 0 saturated carbocycles. The van der Waals surface area contributed by atoms with Crippen LogP contribution < -0.4 is 16.5 Å². The smallest absolute Gasteiger partial charge is 0.220 e. The molecule has 22 heavy (non-hydrogen) atoms. The van der Waals surface area contributed by atoms with Crippen molar-refractivity contribution in [1.29, 1.82) is 0 Å². The Bertz CT molecular complexity index is 780. The molecule has 1 aromatic carbocycles. The van der Waals surface area contributed by atoms with Gasteiger partial charge < -0.3 is 16.3 Å². The van der Waals surface area contributed by atoms with Gasteiger partial charge in [-0.3, -0.25) is 0 Å². The van der Waals surface area contributed by atoms with Gasteiger partial charge in [0, 0.05) is 6.42 Å². The zero-order chi connectivity index (χ0) is 15.9. The number of rotatable bonds is 1. The van der Waals surface area contributed by atoms with Crippen molar-refractivity contribution in [2.24, 2.45) is 5.16 Å². The maximum atomic E-state index is 13.3. The van der Waals surface area contributed by atoms with Gasteiger partial charge in [0.1, 0.15) is 13.7 Å². The molecule has 0 spiro atoms. The van der Waals surface area contributed by atoms with Crippen LogP contribution in [-0.2, 0) is 6.42 Å². The summed E-state index contributed by atoms with van der Waals surface area (Å²) in [6.07, 6.45) is 0.550. The summed E-state index contributed by atoms with van der Waals surface area (Å²) in [5.41, 5.74) is 9.47. The molecule has 3 rings (SSSR count). The molecule has 0 fully saturated rings. The van der Waals surface area contributed by atoms with Crippen LogP contribution in [-0.4, -0.2) is 28.9 Å². The van der Waals surface area contributed by atoms with E-state index >= 15 is 0 Å². The second-order valence-corrected chi connectivity index (χ2v) is 5.34. The molecule has 0 radical (unpaired) electrons. The normalized spacial score (nSPS) is 18.8. The number of aryl methyl sites for hydroxylation is 1. The molecule has 112 valence electrons. The van der Waals surface area contributed by atoms with Gasteiger partial charge in [0.2, 0.25) is 5.95 Å². The molecule has 1 aromatic heterocycles. The van der Waals surface area contributed by atoms with E-state index in [0.29, 0.717) is 29.2 Å². The maximum Gasteiger partial charge on any atom is 0.220 e. The summed E-state index contributed by atoms with van der Waals surface area (Å²) >= 11 is 0. The van der Waals surface area contributed by atoms with E-state index in [1.165, 1.54) is 12.1 Å². The zero-order valence-corrected chi connectivity index (χ0v) is 12.3. The molecule has 8 heteroatoms. The van der Waals surface area contributed by atoms with Gasteiger partial charge in [-0.2, -0.15) is 0 Å². The number of amidine groups is 1. The maximum absolute atomic E-state index is 13.3. The molecule has 0 aliphatic carbocycles. The Morgan fingerprint density at radius 2 is 2.23 bits per heavy atom. The van der Waals surface area contributed by atoms with Gasteiger partial charge in [-0.15, -0.1) is 0 Å². The lowest BCUT2D eigenvalue weighted by atomic mass is 9.84. The predicted octanol–water partition coefficient (Wildman–Crippen LogP) is -0.212. The third-order valence-corrected chi connectivity index (χ3v) is 3.83. The number of aromatic nitrogens is 2. The van der Waals surface area contributed by atoms with E-state index in [4.69, 9.17) is 5.73 Å². The number of nitrogens with two attached hydrogens (primary N) is 1. The lowest BCUT2D eigenvalue weighted by Crippen LogP contribution is -2.39. The SMILES string of the molecule is Bc1cc(F)ccc1[C@H]1Cc2nc(N)nc(C)c2/C(=N/O)N1. The second kappa shape index (κ2) is 5.29. The molecule has 0 bridgehead atoms. The first-order valence-corrected chi connectivity index (χ1v) is 6.87. The molecule has 6 nitrogen and oxygen atoms in total. The minimum absolute atomic E-state index is 0.173. The van der Waals surface area contributed by atoms with Crippen LogP contribution in [0.25, 0.3) is 0 Å². The van der Waals surface area contributed by atoms with Crippen LogP contribution in [0.2, 0.25) is 0 Å². The lowest BCUT2D eigenvalue weighted by molar-refractivity contribution is 0.315. The zero-order valence-electron chi connectivity index (χ0n) is 12.3.